The lowest BCUT2D eigenvalue weighted by Gasteiger charge is -2.17. The molecule has 1 aromatic rings. The van der Waals surface area contributed by atoms with Crippen molar-refractivity contribution in [1.29, 1.82) is 0 Å². The molecule has 0 atom stereocenters. The molecule has 0 amide bonds. The number of hydrogen-bond donors (Lipinski definition) is 0. The molecular weight excluding hydrogens is 168 g/mol. The van der Waals surface area contributed by atoms with Crippen LogP contribution in [0.5, 0.6) is 0 Å². The highest BCUT2D eigenvalue weighted by Crippen LogP contribution is 2.16. The van der Waals surface area contributed by atoms with Gasteiger partial charge in [0, 0.05) is 0 Å². The number of nitrogens with zero attached hydrogens (tertiary/aromatic N) is 1. The summed E-state index contributed by atoms with van der Waals surface area (Å²) in [6, 6.07) is 0. The normalized spacial score (nSPS) is 10.6. The number of pyridine rings is 1. The van der Waals surface area contributed by atoms with Crippen LogP contribution in [0.2, 0.25) is 0 Å². The Bertz CT molecular complexity index is 370. The van der Waals surface area contributed by atoms with Crippen LogP contribution in [0.1, 0.15) is 36.6 Å². The highest BCUT2D eigenvalue weighted by molar-refractivity contribution is 6.39. The Hall–Kier alpha value is -0.980. The van der Waals surface area contributed by atoms with Crippen molar-refractivity contribution < 1.29 is 0 Å². The predicted octanol–water partition coefficient (Wildman–Crippen LogP) is -0.327. The van der Waals surface area contributed by atoms with E-state index in [0.29, 0.717) is 5.92 Å². The van der Waals surface area contributed by atoms with Gasteiger partial charge in [-0.25, -0.2) is 0 Å². The van der Waals surface area contributed by atoms with Crippen LogP contribution in [0, 0.1) is 6.92 Å². The maximum atomic E-state index is 4.56. The summed E-state index contributed by atoms with van der Waals surface area (Å²) in [5.74, 6) is 0.509. The monoisotopic (exact) mass is 185 g/mol. The Kier molecular flexibility index (Phi) is 3.20. The standard InChI is InChI=1S/C11H17B2N/c1-5-8-9(6(2)3)10(12)7(4)11(13)14-8/h5-6H,1,12-13H2,2-4H3. The fourth-order valence-corrected chi connectivity index (χ4v) is 1.87. The van der Waals surface area contributed by atoms with E-state index < -0.39 is 0 Å². The largest absolute Gasteiger partial charge is 0.264 e. The number of rotatable bonds is 2. The van der Waals surface area contributed by atoms with E-state index in [0.717, 1.165) is 11.3 Å². The highest BCUT2D eigenvalue weighted by Gasteiger charge is 2.12. The van der Waals surface area contributed by atoms with E-state index in [-0.39, 0.29) is 0 Å². The molecule has 0 spiro atoms. The van der Waals surface area contributed by atoms with Gasteiger partial charge in [0.05, 0.1) is 5.69 Å². The maximum absolute atomic E-state index is 4.56. The molecule has 3 heteroatoms. The Labute approximate surface area is 88.5 Å². The molecule has 14 heavy (non-hydrogen) atoms. The van der Waals surface area contributed by atoms with E-state index in [1.807, 2.05) is 6.08 Å². The molecule has 0 aromatic carbocycles. The van der Waals surface area contributed by atoms with E-state index in [2.05, 4.69) is 48.0 Å². The molecule has 1 aromatic heterocycles. The summed E-state index contributed by atoms with van der Waals surface area (Å²) in [5, 5.41) is 0. The van der Waals surface area contributed by atoms with Crippen LogP contribution in [0.3, 0.4) is 0 Å². The van der Waals surface area contributed by atoms with Gasteiger partial charge in [0.25, 0.3) is 0 Å². The van der Waals surface area contributed by atoms with Gasteiger partial charge in [0.15, 0.2) is 7.85 Å². The minimum atomic E-state index is 0.509. The molecule has 0 saturated heterocycles. The van der Waals surface area contributed by atoms with Crippen molar-refractivity contribution in [3.63, 3.8) is 0 Å². The summed E-state index contributed by atoms with van der Waals surface area (Å²) in [7, 11) is 4.23. The summed E-state index contributed by atoms with van der Waals surface area (Å²) in [6.45, 7) is 10.4. The molecule has 0 bridgehead atoms. The van der Waals surface area contributed by atoms with Crippen molar-refractivity contribution >= 4 is 32.8 Å². The quantitative estimate of drug-likeness (QED) is 0.575. The molecule has 0 saturated carbocycles. The van der Waals surface area contributed by atoms with Crippen LogP contribution < -0.4 is 11.1 Å². The Balaban J connectivity index is 3.52. The van der Waals surface area contributed by atoms with Crippen molar-refractivity contribution in [2.45, 2.75) is 26.7 Å². The van der Waals surface area contributed by atoms with Gasteiger partial charge in [-0.05, 0) is 35.6 Å². The summed E-state index contributed by atoms with van der Waals surface area (Å²) < 4.78 is 0. The van der Waals surface area contributed by atoms with Crippen LogP contribution in [0.25, 0.3) is 6.08 Å². The van der Waals surface area contributed by atoms with E-state index >= 15 is 0 Å². The smallest absolute Gasteiger partial charge is 0.164 e. The zero-order chi connectivity index (χ0) is 10.9. The van der Waals surface area contributed by atoms with E-state index in [1.54, 1.807) is 0 Å². The molecule has 0 unspecified atom stereocenters. The Morgan fingerprint density at radius 2 is 1.93 bits per heavy atom. The van der Waals surface area contributed by atoms with Gasteiger partial charge < -0.3 is 0 Å². The van der Waals surface area contributed by atoms with Gasteiger partial charge >= 0.3 is 0 Å². The second-order valence-corrected chi connectivity index (χ2v) is 4.10. The summed E-state index contributed by atoms with van der Waals surface area (Å²) in [6.07, 6.45) is 1.86. The average molecular weight is 185 g/mol. The average Bonchev–Trinajstić information content (AvgIpc) is 2.12. The Morgan fingerprint density at radius 1 is 1.36 bits per heavy atom. The van der Waals surface area contributed by atoms with Crippen LogP contribution in [0.4, 0.5) is 0 Å². The van der Waals surface area contributed by atoms with E-state index in [9.17, 15) is 0 Å². The van der Waals surface area contributed by atoms with Gasteiger partial charge in [-0.3, -0.25) is 4.98 Å². The van der Waals surface area contributed by atoms with Crippen molar-refractivity contribution in [2.24, 2.45) is 0 Å². The third-order valence-electron chi connectivity index (χ3n) is 2.84. The lowest BCUT2D eigenvalue weighted by atomic mass is 9.78. The van der Waals surface area contributed by atoms with Crippen LogP contribution in [-0.2, 0) is 0 Å². The minimum absolute atomic E-state index is 0.509. The second kappa shape index (κ2) is 4.03. The van der Waals surface area contributed by atoms with Gasteiger partial charge in [0.1, 0.15) is 7.85 Å². The second-order valence-electron chi connectivity index (χ2n) is 4.10. The Morgan fingerprint density at radius 3 is 2.36 bits per heavy atom. The highest BCUT2D eigenvalue weighted by atomic mass is 14.7. The third kappa shape index (κ3) is 1.77. The summed E-state index contributed by atoms with van der Waals surface area (Å²) in [5.41, 5.74) is 6.16. The van der Waals surface area contributed by atoms with Crippen LogP contribution in [-0.4, -0.2) is 20.7 Å². The first kappa shape index (κ1) is 11.1. The first-order chi connectivity index (χ1) is 6.49. The molecule has 0 aliphatic rings. The molecule has 0 fully saturated rings. The number of hydrogen-bond acceptors (Lipinski definition) is 1. The van der Waals surface area contributed by atoms with Gasteiger partial charge in [-0.2, -0.15) is 0 Å². The van der Waals surface area contributed by atoms with Crippen molar-refractivity contribution in [3.8, 4) is 0 Å². The minimum Gasteiger partial charge on any atom is -0.264 e. The molecule has 72 valence electrons. The summed E-state index contributed by atoms with van der Waals surface area (Å²) in [4.78, 5) is 4.56. The predicted molar refractivity (Wildman–Crippen MR) is 69.5 cm³/mol. The third-order valence-corrected chi connectivity index (χ3v) is 2.84. The molecule has 1 rings (SSSR count). The first-order valence-electron chi connectivity index (χ1n) is 5.09. The first-order valence-corrected chi connectivity index (χ1v) is 5.09. The van der Waals surface area contributed by atoms with Crippen molar-refractivity contribution in [3.05, 3.63) is 23.4 Å². The van der Waals surface area contributed by atoms with Crippen molar-refractivity contribution in [1.82, 2.24) is 4.98 Å². The van der Waals surface area contributed by atoms with Crippen LogP contribution >= 0.6 is 0 Å². The van der Waals surface area contributed by atoms with Gasteiger partial charge in [0.2, 0.25) is 0 Å². The SMILES string of the molecule is Bc1nc(C=C)c(C(C)C)c(B)c1C. The van der Waals surface area contributed by atoms with Crippen LogP contribution in [0.15, 0.2) is 6.58 Å². The zero-order valence-electron chi connectivity index (χ0n) is 9.81. The van der Waals surface area contributed by atoms with Gasteiger partial charge in [-0.1, -0.05) is 25.9 Å². The summed E-state index contributed by atoms with van der Waals surface area (Å²) >= 11 is 0. The van der Waals surface area contributed by atoms with Crippen molar-refractivity contribution in [2.75, 3.05) is 0 Å². The molecular formula is C11H17B2N. The molecule has 0 radical (unpaired) electrons. The topological polar surface area (TPSA) is 12.9 Å². The molecule has 1 nitrogen and oxygen atoms in total. The lowest BCUT2D eigenvalue weighted by molar-refractivity contribution is 0.861. The van der Waals surface area contributed by atoms with E-state index in [1.165, 1.54) is 16.6 Å². The maximum Gasteiger partial charge on any atom is 0.164 e. The van der Waals surface area contributed by atoms with E-state index in [4.69, 9.17) is 0 Å². The molecule has 0 aliphatic carbocycles. The zero-order valence-corrected chi connectivity index (χ0v) is 9.81. The molecule has 0 N–H and O–H groups in total. The lowest BCUT2D eigenvalue weighted by Crippen LogP contribution is -2.29. The molecule has 1 heterocycles. The fraction of sp³-hybridized carbons (Fsp3) is 0.364. The molecule has 0 aliphatic heterocycles. The number of aromatic nitrogens is 1. The fourth-order valence-electron chi connectivity index (χ4n) is 1.87. The van der Waals surface area contributed by atoms with Gasteiger partial charge in [-0.15, -0.1) is 0 Å².